The van der Waals surface area contributed by atoms with Gasteiger partial charge in [-0.25, -0.2) is 0 Å². The summed E-state index contributed by atoms with van der Waals surface area (Å²) in [7, 11) is 1.38. The number of methoxy groups -OCH3 is 1. The van der Waals surface area contributed by atoms with Crippen molar-refractivity contribution in [3.8, 4) is 0 Å². The molecule has 2 heterocycles. The number of carbonyl (C=O) groups excluding carboxylic acids is 2. The zero-order valence-corrected chi connectivity index (χ0v) is 18.0. The number of aryl methyl sites for hydroxylation is 1. The van der Waals surface area contributed by atoms with Gasteiger partial charge in [0.2, 0.25) is 5.13 Å². The molecule has 0 saturated heterocycles. The van der Waals surface area contributed by atoms with Gasteiger partial charge in [0.1, 0.15) is 0 Å². The van der Waals surface area contributed by atoms with E-state index in [1.165, 1.54) is 30.2 Å². The molecule has 0 fully saturated rings. The van der Waals surface area contributed by atoms with E-state index in [1.807, 2.05) is 24.5 Å². The molecule has 0 atom stereocenters. The van der Waals surface area contributed by atoms with Crippen molar-refractivity contribution < 1.29 is 14.3 Å². The second-order valence-electron chi connectivity index (χ2n) is 6.62. The lowest BCUT2D eigenvalue weighted by molar-refractivity contribution is -0.140. The maximum absolute atomic E-state index is 12.6. The van der Waals surface area contributed by atoms with Gasteiger partial charge in [0, 0.05) is 30.0 Å². The minimum atomic E-state index is -0.260. The first-order valence-electron chi connectivity index (χ1n) is 8.78. The van der Waals surface area contributed by atoms with Crippen LogP contribution in [0.5, 0.6) is 0 Å². The maximum atomic E-state index is 12.6. The van der Waals surface area contributed by atoms with Crippen molar-refractivity contribution in [1.29, 1.82) is 0 Å². The predicted molar refractivity (Wildman–Crippen MR) is 109 cm³/mol. The molecule has 0 radical (unpaired) electrons. The number of ether oxygens (including phenoxy) is 1. The second kappa shape index (κ2) is 9.89. The first-order chi connectivity index (χ1) is 12.8. The van der Waals surface area contributed by atoms with E-state index in [1.54, 1.807) is 0 Å². The summed E-state index contributed by atoms with van der Waals surface area (Å²) >= 11 is 2.86. The van der Waals surface area contributed by atoms with Gasteiger partial charge in [-0.2, -0.15) is 0 Å². The molecule has 0 aliphatic carbocycles. The highest BCUT2D eigenvalue weighted by Gasteiger charge is 2.17. The molecule has 0 unspecified atom stereocenters. The van der Waals surface area contributed by atoms with E-state index < -0.39 is 0 Å². The summed E-state index contributed by atoms with van der Waals surface area (Å²) in [5.74, 6) is 0.620. The summed E-state index contributed by atoms with van der Waals surface area (Å²) in [6.45, 7) is 9.45. The number of Topliss-reactive ketones (excluding diaryl/α,β-unsaturated/α-hetero) is 1. The van der Waals surface area contributed by atoms with E-state index in [-0.39, 0.29) is 18.2 Å². The molecular formula is C18H26N4O3S2. The number of rotatable bonds is 10. The number of thioether (sulfide) groups is 1. The summed E-state index contributed by atoms with van der Waals surface area (Å²) < 4.78 is 7.44. The van der Waals surface area contributed by atoms with E-state index in [9.17, 15) is 9.59 Å². The first kappa shape index (κ1) is 21.4. The normalized spacial score (nSPS) is 11.0. The zero-order chi connectivity index (χ0) is 20.0. The lowest BCUT2D eigenvalue weighted by atomic mass is 10.2. The van der Waals surface area contributed by atoms with E-state index in [0.717, 1.165) is 27.4 Å². The monoisotopic (exact) mass is 410 g/mol. The van der Waals surface area contributed by atoms with Crippen molar-refractivity contribution in [3.05, 3.63) is 23.0 Å². The smallest absolute Gasteiger partial charge is 0.307 e. The molecule has 0 amide bonds. The van der Waals surface area contributed by atoms with Crippen LogP contribution in [0.2, 0.25) is 0 Å². The van der Waals surface area contributed by atoms with Crippen LogP contribution in [-0.4, -0.2) is 45.9 Å². The van der Waals surface area contributed by atoms with E-state index in [0.29, 0.717) is 23.8 Å². The molecule has 0 aromatic carbocycles. The molecule has 1 N–H and O–H groups in total. The lowest BCUT2D eigenvalue weighted by Gasteiger charge is -2.08. The Balaban J connectivity index is 1.95. The van der Waals surface area contributed by atoms with Crippen LogP contribution in [0.3, 0.4) is 0 Å². The van der Waals surface area contributed by atoms with Crippen LogP contribution in [0.1, 0.15) is 42.0 Å². The Morgan fingerprint density at radius 3 is 2.74 bits per heavy atom. The predicted octanol–water partition coefficient (Wildman–Crippen LogP) is 3.56. The van der Waals surface area contributed by atoms with Crippen LogP contribution in [0, 0.1) is 19.8 Å². The molecule has 0 saturated carbocycles. The van der Waals surface area contributed by atoms with Crippen LogP contribution in [0.25, 0.3) is 0 Å². The Morgan fingerprint density at radius 1 is 1.33 bits per heavy atom. The molecule has 0 aliphatic heterocycles. The van der Waals surface area contributed by atoms with Gasteiger partial charge in [-0.15, -0.1) is 10.2 Å². The molecular weight excluding hydrogens is 384 g/mol. The lowest BCUT2D eigenvalue weighted by Crippen LogP contribution is -2.10. The topological polar surface area (TPSA) is 86.1 Å². The van der Waals surface area contributed by atoms with Crippen molar-refractivity contribution in [2.75, 3.05) is 24.7 Å². The molecule has 9 heteroatoms. The van der Waals surface area contributed by atoms with Crippen LogP contribution < -0.4 is 5.32 Å². The molecule has 0 aliphatic rings. The van der Waals surface area contributed by atoms with Crippen molar-refractivity contribution in [1.82, 2.24) is 14.8 Å². The van der Waals surface area contributed by atoms with Gasteiger partial charge in [0.05, 0.1) is 19.3 Å². The molecule has 7 nitrogen and oxygen atoms in total. The largest absolute Gasteiger partial charge is 0.469 e. The number of ketones is 1. The highest BCUT2D eigenvalue weighted by atomic mass is 32.2. The van der Waals surface area contributed by atoms with Crippen molar-refractivity contribution in [2.24, 2.45) is 5.92 Å². The first-order valence-corrected chi connectivity index (χ1v) is 10.6. The van der Waals surface area contributed by atoms with Gasteiger partial charge >= 0.3 is 5.97 Å². The molecule has 0 spiro atoms. The number of carbonyl (C=O) groups is 2. The third-order valence-corrected chi connectivity index (χ3v) is 6.05. The van der Waals surface area contributed by atoms with Gasteiger partial charge < -0.3 is 14.6 Å². The molecule has 2 rings (SSSR count). The Hall–Kier alpha value is -1.87. The van der Waals surface area contributed by atoms with Gasteiger partial charge in [-0.05, 0) is 25.8 Å². The van der Waals surface area contributed by atoms with Gasteiger partial charge in [-0.1, -0.05) is 36.9 Å². The van der Waals surface area contributed by atoms with Crippen LogP contribution in [-0.2, 0) is 16.1 Å². The summed E-state index contributed by atoms with van der Waals surface area (Å²) in [4.78, 5) is 24.0. The summed E-state index contributed by atoms with van der Waals surface area (Å²) in [6.07, 6.45) is 0.284. The fourth-order valence-electron chi connectivity index (χ4n) is 2.57. The zero-order valence-electron chi connectivity index (χ0n) is 16.4. The summed E-state index contributed by atoms with van der Waals surface area (Å²) in [5, 5.41) is 12.2. The Labute approximate surface area is 167 Å². The van der Waals surface area contributed by atoms with Gasteiger partial charge in [0.25, 0.3) is 0 Å². The molecule has 2 aromatic heterocycles. The third kappa shape index (κ3) is 6.07. The quantitative estimate of drug-likeness (QED) is 0.364. The number of nitrogens with zero attached hydrogens (tertiary/aromatic N) is 3. The number of aromatic nitrogens is 3. The SMILES string of the molecule is COC(=O)CCn1c(C)cc(C(=O)CSc2nnc(NCC(C)C)s2)c1C. The van der Waals surface area contributed by atoms with Crippen LogP contribution >= 0.6 is 23.1 Å². The fraction of sp³-hybridized carbons (Fsp3) is 0.556. The Kier molecular flexibility index (Phi) is 7.85. The summed E-state index contributed by atoms with van der Waals surface area (Å²) in [6, 6.07) is 1.88. The van der Waals surface area contributed by atoms with Crippen LogP contribution in [0.15, 0.2) is 10.4 Å². The average molecular weight is 411 g/mol. The van der Waals surface area contributed by atoms with Crippen molar-refractivity contribution >= 4 is 40.0 Å². The molecule has 27 heavy (non-hydrogen) atoms. The van der Waals surface area contributed by atoms with Crippen LogP contribution in [0.4, 0.5) is 5.13 Å². The minimum Gasteiger partial charge on any atom is -0.469 e. The second-order valence-corrected chi connectivity index (χ2v) is 8.82. The maximum Gasteiger partial charge on any atom is 0.307 e. The van der Waals surface area contributed by atoms with Crippen molar-refractivity contribution in [3.63, 3.8) is 0 Å². The van der Waals surface area contributed by atoms with Gasteiger partial charge in [0.15, 0.2) is 10.1 Å². The average Bonchev–Trinajstić information content (AvgIpc) is 3.20. The van der Waals surface area contributed by atoms with Crippen molar-refractivity contribution in [2.45, 2.75) is 45.0 Å². The summed E-state index contributed by atoms with van der Waals surface area (Å²) in [5.41, 5.74) is 2.52. The van der Waals surface area contributed by atoms with Gasteiger partial charge in [-0.3, -0.25) is 9.59 Å². The highest BCUT2D eigenvalue weighted by Crippen LogP contribution is 2.27. The molecule has 0 bridgehead atoms. The number of anilines is 1. The Morgan fingerprint density at radius 2 is 2.07 bits per heavy atom. The van der Waals surface area contributed by atoms with E-state index >= 15 is 0 Å². The highest BCUT2D eigenvalue weighted by molar-refractivity contribution is 8.01. The standard InChI is InChI=1S/C18H26N4O3S2/c1-11(2)9-19-17-20-21-18(27-17)26-10-15(23)14-8-12(3)22(13(14)4)7-6-16(24)25-5/h8,11H,6-7,9-10H2,1-5H3,(H,19,20). The fourth-order valence-corrected chi connectivity index (χ4v) is 4.21. The number of nitrogens with one attached hydrogen (secondary N) is 1. The molecule has 2 aromatic rings. The number of hydrogen-bond acceptors (Lipinski definition) is 8. The number of hydrogen-bond donors (Lipinski definition) is 1. The third-order valence-electron chi connectivity index (χ3n) is 4.04. The molecule has 148 valence electrons. The minimum absolute atomic E-state index is 0.0457. The number of esters is 1. The Bertz CT molecular complexity index is 799. The van der Waals surface area contributed by atoms with E-state index in [2.05, 4.69) is 34.1 Å². The van der Waals surface area contributed by atoms with E-state index in [4.69, 9.17) is 0 Å².